The fourth-order valence-electron chi connectivity index (χ4n) is 5.79. The number of primary amides is 1. The summed E-state index contributed by atoms with van der Waals surface area (Å²) in [5.41, 5.74) is 5.39. The van der Waals surface area contributed by atoms with Gasteiger partial charge in [0.25, 0.3) is 5.91 Å². The second-order valence-corrected chi connectivity index (χ2v) is 9.93. The van der Waals surface area contributed by atoms with Crippen molar-refractivity contribution in [1.82, 2.24) is 19.6 Å². The Morgan fingerprint density at radius 3 is 2.54 bits per heavy atom. The predicted octanol–water partition coefficient (Wildman–Crippen LogP) is 1.57. The molecule has 216 valence electrons. The molecule has 0 radical (unpaired) electrons. The fourth-order valence-corrected chi connectivity index (χ4v) is 5.79. The fraction of sp³-hybridized carbons (Fsp3) is 0.346. The highest BCUT2D eigenvalue weighted by atomic mass is 19.2. The summed E-state index contributed by atoms with van der Waals surface area (Å²) >= 11 is 0. The highest BCUT2D eigenvalue weighted by molar-refractivity contribution is 6.06. The summed E-state index contributed by atoms with van der Waals surface area (Å²) < 4.78 is 70.4. The Balaban J connectivity index is 1.44. The van der Waals surface area contributed by atoms with E-state index in [4.69, 9.17) is 15.2 Å². The average Bonchev–Trinajstić information content (AvgIpc) is 3.67. The quantitative estimate of drug-likeness (QED) is 0.206. The Morgan fingerprint density at radius 2 is 1.85 bits per heavy atom. The van der Waals surface area contributed by atoms with Crippen LogP contribution in [-0.2, 0) is 9.47 Å². The number of aromatic nitrogens is 4. The molecular formula is C26H23F4N5O6. The van der Waals surface area contributed by atoms with Crippen LogP contribution in [0.25, 0.3) is 22.2 Å². The van der Waals surface area contributed by atoms with Crippen molar-refractivity contribution in [3.05, 3.63) is 71.6 Å². The van der Waals surface area contributed by atoms with Crippen molar-refractivity contribution in [2.24, 2.45) is 5.73 Å². The van der Waals surface area contributed by atoms with Crippen molar-refractivity contribution in [2.45, 2.75) is 42.6 Å². The number of aliphatic hydroxyl groups excluding tert-OH is 3. The highest BCUT2D eigenvalue weighted by Crippen LogP contribution is 2.49. The van der Waals surface area contributed by atoms with Crippen LogP contribution in [0.2, 0.25) is 0 Å². The van der Waals surface area contributed by atoms with Gasteiger partial charge in [0.1, 0.15) is 35.9 Å². The molecule has 2 aliphatic rings. The molecule has 4 heterocycles. The van der Waals surface area contributed by atoms with E-state index < -0.39 is 72.0 Å². The normalized spacial score (nSPS) is 28.1. The lowest BCUT2D eigenvalue weighted by Crippen LogP contribution is -2.65. The number of nitrogens with zero attached hydrogens (tertiary/aromatic N) is 4. The van der Waals surface area contributed by atoms with E-state index in [1.807, 2.05) is 0 Å². The first-order chi connectivity index (χ1) is 19.6. The number of hydrogen-bond acceptors (Lipinski definition) is 8. The predicted molar refractivity (Wildman–Crippen MR) is 131 cm³/mol. The molecule has 0 aliphatic carbocycles. The standard InChI is InChI=1S/C26H23F4N5O6/c27-13-2-1-3-17-20(13)12(25(31)39)8-34(17)19-4-5-40-26(19)24(38)22(23(37)18(10-36)41-26)35-9-16(32-33-35)11-6-14(28)21(30)15(29)7-11/h1-3,6-9,18-19,22-24,36-38H,4-5,10H2,(H2,31,39)/t18-,19-,22+,23+,24-,26+/m1/s1. The van der Waals surface area contributed by atoms with Gasteiger partial charge in [-0.2, -0.15) is 0 Å². The Bertz CT molecular complexity index is 1640. The summed E-state index contributed by atoms with van der Waals surface area (Å²) in [6.07, 6.45) is -1.92. The summed E-state index contributed by atoms with van der Waals surface area (Å²) in [4.78, 5) is 12.2. The van der Waals surface area contributed by atoms with E-state index in [2.05, 4.69) is 10.3 Å². The van der Waals surface area contributed by atoms with E-state index in [0.29, 0.717) is 12.1 Å². The minimum Gasteiger partial charge on any atom is -0.394 e. The molecule has 0 unspecified atom stereocenters. The van der Waals surface area contributed by atoms with Gasteiger partial charge in [-0.3, -0.25) is 4.79 Å². The van der Waals surface area contributed by atoms with Gasteiger partial charge in [0.05, 0.1) is 36.5 Å². The van der Waals surface area contributed by atoms with Crippen LogP contribution in [0.1, 0.15) is 28.9 Å². The Kier molecular flexibility index (Phi) is 6.58. The molecule has 2 aromatic carbocycles. The van der Waals surface area contributed by atoms with Gasteiger partial charge in [0.15, 0.2) is 17.5 Å². The number of benzene rings is 2. The summed E-state index contributed by atoms with van der Waals surface area (Å²) in [5.74, 6) is -8.10. The first-order valence-corrected chi connectivity index (χ1v) is 12.5. The van der Waals surface area contributed by atoms with E-state index >= 15 is 0 Å². The zero-order chi connectivity index (χ0) is 29.2. The van der Waals surface area contributed by atoms with Crippen LogP contribution >= 0.6 is 0 Å². The number of rotatable bonds is 5. The molecule has 11 nitrogen and oxygen atoms in total. The van der Waals surface area contributed by atoms with Crippen molar-refractivity contribution in [3.8, 4) is 11.3 Å². The SMILES string of the molecule is NC(=O)c1cn([C@@H]2CCO[C@]23O[C@H](CO)[C@H](O)[C@H](n2cc(-c4cc(F)c(F)c(F)c4)nn2)[C@H]3O)c2cccc(F)c12. The van der Waals surface area contributed by atoms with E-state index in [0.717, 1.165) is 4.68 Å². The molecule has 2 fully saturated rings. The molecule has 5 N–H and O–H groups in total. The molecule has 2 aliphatic heterocycles. The Morgan fingerprint density at radius 1 is 1.12 bits per heavy atom. The monoisotopic (exact) mass is 577 g/mol. The molecule has 1 spiro atoms. The summed E-state index contributed by atoms with van der Waals surface area (Å²) in [7, 11) is 0. The van der Waals surface area contributed by atoms with Gasteiger partial charge in [-0.1, -0.05) is 11.3 Å². The zero-order valence-corrected chi connectivity index (χ0v) is 21.0. The van der Waals surface area contributed by atoms with Crippen molar-refractivity contribution >= 4 is 16.8 Å². The molecular weight excluding hydrogens is 554 g/mol. The van der Waals surface area contributed by atoms with Crippen LogP contribution in [0.3, 0.4) is 0 Å². The topological polar surface area (TPSA) is 158 Å². The van der Waals surface area contributed by atoms with Crippen LogP contribution in [0.15, 0.2) is 42.7 Å². The Hall–Kier alpha value is -3.89. The third-order valence-corrected chi connectivity index (χ3v) is 7.67. The third kappa shape index (κ3) is 4.11. The van der Waals surface area contributed by atoms with Crippen molar-refractivity contribution < 1.29 is 47.1 Å². The van der Waals surface area contributed by atoms with E-state index in [1.54, 1.807) is 6.07 Å². The minimum atomic E-state index is -1.95. The van der Waals surface area contributed by atoms with Crippen molar-refractivity contribution in [2.75, 3.05) is 13.2 Å². The molecule has 6 atom stereocenters. The molecule has 1 amide bonds. The number of aliphatic hydroxyl groups is 3. The lowest BCUT2D eigenvalue weighted by Gasteiger charge is -2.49. The van der Waals surface area contributed by atoms with Gasteiger partial charge in [-0.25, -0.2) is 22.2 Å². The smallest absolute Gasteiger partial charge is 0.250 e. The van der Waals surface area contributed by atoms with Crippen LogP contribution in [0.5, 0.6) is 0 Å². The minimum absolute atomic E-state index is 0.0281. The van der Waals surface area contributed by atoms with Gasteiger partial charge in [0, 0.05) is 17.1 Å². The molecule has 41 heavy (non-hydrogen) atoms. The number of ether oxygens (including phenoxy) is 2. The number of fused-ring (bicyclic) bond motifs is 1. The number of amides is 1. The van der Waals surface area contributed by atoms with Crippen LogP contribution in [0.4, 0.5) is 17.6 Å². The van der Waals surface area contributed by atoms with Gasteiger partial charge < -0.3 is 35.1 Å². The zero-order valence-electron chi connectivity index (χ0n) is 21.0. The number of carbonyl (C=O) groups excluding carboxylic acids is 1. The molecule has 2 aromatic heterocycles. The van der Waals surface area contributed by atoms with Crippen LogP contribution in [-0.4, -0.2) is 78.1 Å². The number of hydrogen-bond donors (Lipinski definition) is 4. The lowest BCUT2D eigenvalue weighted by atomic mass is 9.86. The molecule has 0 saturated carbocycles. The largest absolute Gasteiger partial charge is 0.394 e. The molecule has 4 aromatic rings. The van der Waals surface area contributed by atoms with Gasteiger partial charge in [-0.15, -0.1) is 5.10 Å². The molecule has 2 saturated heterocycles. The maximum Gasteiger partial charge on any atom is 0.250 e. The first-order valence-electron chi connectivity index (χ1n) is 12.5. The lowest BCUT2D eigenvalue weighted by molar-refractivity contribution is -0.349. The average molecular weight is 577 g/mol. The first kappa shape index (κ1) is 27.3. The van der Waals surface area contributed by atoms with E-state index in [1.165, 1.54) is 29.1 Å². The van der Waals surface area contributed by atoms with E-state index in [-0.39, 0.29) is 40.8 Å². The Labute approximate surface area is 228 Å². The number of carbonyl (C=O) groups is 1. The van der Waals surface area contributed by atoms with Crippen LogP contribution in [0, 0.1) is 23.3 Å². The van der Waals surface area contributed by atoms with Gasteiger partial charge in [0.2, 0.25) is 5.79 Å². The van der Waals surface area contributed by atoms with Crippen LogP contribution < -0.4 is 5.73 Å². The third-order valence-electron chi connectivity index (χ3n) is 7.67. The molecule has 6 rings (SSSR count). The van der Waals surface area contributed by atoms with Crippen molar-refractivity contribution in [1.29, 1.82) is 0 Å². The number of halogens is 4. The second kappa shape index (κ2) is 9.88. The highest BCUT2D eigenvalue weighted by Gasteiger charge is 2.62. The maximum atomic E-state index is 14.8. The van der Waals surface area contributed by atoms with Gasteiger partial charge in [-0.05, 0) is 30.7 Å². The van der Waals surface area contributed by atoms with Gasteiger partial charge >= 0.3 is 0 Å². The van der Waals surface area contributed by atoms with Crippen molar-refractivity contribution in [3.63, 3.8) is 0 Å². The second-order valence-electron chi connectivity index (χ2n) is 9.93. The summed E-state index contributed by atoms with van der Waals surface area (Å²) in [5, 5.41) is 40.6. The number of nitrogens with two attached hydrogens (primary N) is 1. The summed E-state index contributed by atoms with van der Waals surface area (Å²) in [6, 6.07) is 3.28. The summed E-state index contributed by atoms with van der Waals surface area (Å²) in [6.45, 7) is -0.688. The maximum absolute atomic E-state index is 14.8. The molecule has 15 heteroatoms. The molecule has 0 bridgehead atoms. The van der Waals surface area contributed by atoms with E-state index in [9.17, 15) is 37.7 Å².